The van der Waals surface area contributed by atoms with Gasteiger partial charge in [0.1, 0.15) is 5.75 Å². The van der Waals surface area contributed by atoms with Gasteiger partial charge in [0.25, 0.3) is 0 Å². The van der Waals surface area contributed by atoms with Gasteiger partial charge in [-0.1, -0.05) is 42.5 Å². The summed E-state index contributed by atoms with van der Waals surface area (Å²) in [6.07, 6.45) is 2.20. The highest BCUT2D eigenvalue weighted by molar-refractivity contribution is 5.70. The van der Waals surface area contributed by atoms with Crippen LogP contribution in [0.2, 0.25) is 0 Å². The van der Waals surface area contributed by atoms with Crippen LogP contribution in [-0.2, 0) is 5.54 Å². The minimum Gasteiger partial charge on any atom is -0.496 e. The summed E-state index contributed by atoms with van der Waals surface area (Å²) in [5.74, 6) is 0.902. The molecule has 0 spiro atoms. The van der Waals surface area contributed by atoms with Gasteiger partial charge in [-0.2, -0.15) is 0 Å². The first-order chi connectivity index (χ1) is 8.73. The van der Waals surface area contributed by atoms with Crippen LogP contribution in [0.4, 0.5) is 0 Å². The number of benzene rings is 2. The van der Waals surface area contributed by atoms with Gasteiger partial charge >= 0.3 is 0 Å². The Balaban J connectivity index is 1.97. The molecule has 0 atom stereocenters. The number of hydrogen-bond acceptors (Lipinski definition) is 2. The van der Waals surface area contributed by atoms with E-state index in [-0.39, 0.29) is 5.54 Å². The summed E-state index contributed by atoms with van der Waals surface area (Å²) in [5.41, 5.74) is 9.65. The van der Waals surface area contributed by atoms with E-state index >= 15 is 0 Å². The molecule has 0 aliphatic heterocycles. The van der Waals surface area contributed by atoms with Gasteiger partial charge in [0, 0.05) is 11.1 Å². The van der Waals surface area contributed by atoms with Gasteiger partial charge in [-0.3, -0.25) is 0 Å². The highest BCUT2D eigenvalue weighted by Crippen LogP contribution is 2.43. The fraction of sp³-hybridized carbons (Fsp3) is 0.250. The van der Waals surface area contributed by atoms with Crippen molar-refractivity contribution in [2.45, 2.75) is 18.4 Å². The number of hydrogen-bond donors (Lipinski definition) is 1. The van der Waals surface area contributed by atoms with E-state index in [1.165, 1.54) is 11.1 Å². The summed E-state index contributed by atoms with van der Waals surface area (Å²) in [4.78, 5) is 0. The molecule has 0 unspecified atom stereocenters. The Hall–Kier alpha value is -1.80. The third-order valence-electron chi connectivity index (χ3n) is 3.67. The second kappa shape index (κ2) is 4.14. The zero-order chi connectivity index (χ0) is 12.6. The van der Waals surface area contributed by atoms with Crippen molar-refractivity contribution in [3.05, 3.63) is 54.1 Å². The lowest BCUT2D eigenvalue weighted by atomic mass is 9.99. The molecule has 0 radical (unpaired) electrons. The molecule has 3 rings (SSSR count). The van der Waals surface area contributed by atoms with Crippen LogP contribution in [0.25, 0.3) is 11.1 Å². The molecule has 1 saturated carbocycles. The minimum atomic E-state index is -0.0562. The van der Waals surface area contributed by atoms with Crippen molar-refractivity contribution < 1.29 is 4.74 Å². The summed E-state index contributed by atoms with van der Waals surface area (Å²) in [7, 11) is 1.70. The maximum atomic E-state index is 6.19. The van der Waals surface area contributed by atoms with Crippen LogP contribution in [0.15, 0.2) is 48.5 Å². The number of ether oxygens (including phenoxy) is 1. The first-order valence-corrected chi connectivity index (χ1v) is 6.26. The van der Waals surface area contributed by atoms with E-state index in [1.807, 2.05) is 18.2 Å². The first kappa shape index (κ1) is 11.3. The third kappa shape index (κ3) is 1.89. The van der Waals surface area contributed by atoms with Crippen molar-refractivity contribution in [3.63, 3.8) is 0 Å². The molecule has 2 aromatic carbocycles. The van der Waals surface area contributed by atoms with Crippen molar-refractivity contribution in [2.75, 3.05) is 7.11 Å². The molecular formula is C16H17NO. The van der Waals surface area contributed by atoms with Crippen LogP contribution in [0.3, 0.4) is 0 Å². The van der Waals surface area contributed by atoms with Gasteiger partial charge in [-0.25, -0.2) is 0 Å². The molecule has 2 nitrogen and oxygen atoms in total. The standard InChI is InChI=1S/C16H17NO/c1-18-15-5-3-2-4-14(15)12-6-8-13(9-7-12)16(17)10-11-16/h2-9H,10-11,17H2,1H3. The monoisotopic (exact) mass is 239 g/mol. The fourth-order valence-corrected chi connectivity index (χ4v) is 2.29. The summed E-state index contributed by atoms with van der Waals surface area (Å²) < 4.78 is 5.38. The van der Waals surface area contributed by atoms with Crippen LogP contribution in [-0.4, -0.2) is 7.11 Å². The lowest BCUT2D eigenvalue weighted by Gasteiger charge is -2.11. The molecule has 92 valence electrons. The Morgan fingerprint density at radius 1 is 1.00 bits per heavy atom. The van der Waals surface area contributed by atoms with Gasteiger partial charge < -0.3 is 10.5 Å². The van der Waals surface area contributed by atoms with E-state index < -0.39 is 0 Å². The van der Waals surface area contributed by atoms with E-state index in [0.717, 1.165) is 24.2 Å². The van der Waals surface area contributed by atoms with Crippen molar-refractivity contribution >= 4 is 0 Å². The van der Waals surface area contributed by atoms with Crippen molar-refractivity contribution in [3.8, 4) is 16.9 Å². The van der Waals surface area contributed by atoms with Crippen molar-refractivity contribution in [1.82, 2.24) is 0 Å². The third-order valence-corrected chi connectivity index (χ3v) is 3.67. The second-order valence-corrected chi connectivity index (χ2v) is 4.93. The number of methoxy groups -OCH3 is 1. The Morgan fingerprint density at radius 3 is 2.28 bits per heavy atom. The van der Waals surface area contributed by atoms with Gasteiger partial charge in [-0.05, 0) is 30.0 Å². The topological polar surface area (TPSA) is 35.2 Å². The molecule has 18 heavy (non-hydrogen) atoms. The summed E-state index contributed by atoms with van der Waals surface area (Å²) in [5, 5.41) is 0. The highest BCUT2D eigenvalue weighted by Gasteiger charge is 2.39. The molecule has 1 fully saturated rings. The predicted octanol–water partition coefficient (Wildman–Crippen LogP) is 3.31. The van der Waals surface area contributed by atoms with Crippen LogP contribution in [0, 0.1) is 0 Å². The SMILES string of the molecule is COc1ccccc1-c1ccc(C2(N)CC2)cc1. The minimum absolute atomic E-state index is 0.0562. The Morgan fingerprint density at radius 2 is 1.67 bits per heavy atom. The number of nitrogens with two attached hydrogens (primary N) is 1. The van der Waals surface area contributed by atoms with Gasteiger partial charge in [0.05, 0.1) is 7.11 Å². The van der Waals surface area contributed by atoms with Crippen molar-refractivity contribution in [2.24, 2.45) is 5.73 Å². The fourth-order valence-electron chi connectivity index (χ4n) is 2.29. The second-order valence-electron chi connectivity index (χ2n) is 4.93. The summed E-state index contributed by atoms with van der Waals surface area (Å²) >= 11 is 0. The number of para-hydroxylation sites is 1. The molecular weight excluding hydrogens is 222 g/mol. The molecule has 1 aliphatic carbocycles. The van der Waals surface area contributed by atoms with Crippen LogP contribution in [0.5, 0.6) is 5.75 Å². The molecule has 0 saturated heterocycles. The first-order valence-electron chi connectivity index (χ1n) is 6.26. The molecule has 2 aromatic rings. The van der Waals surface area contributed by atoms with Crippen LogP contribution in [0.1, 0.15) is 18.4 Å². The van der Waals surface area contributed by atoms with E-state index in [1.54, 1.807) is 7.11 Å². The Bertz CT molecular complexity index is 556. The molecule has 2 heteroatoms. The van der Waals surface area contributed by atoms with E-state index in [2.05, 4.69) is 30.3 Å². The zero-order valence-electron chi connectivity index (χ0n) is 10.5. The van der Waals surface area contributed by atoms with Crippen LogP contribution >= 0.6 is 0 Å². The highest BCUT2D eigenvalue weighted by atomic mass is 16.5. The van der Waals surface area contributed by atoms with Crippen molar-refractivity contribution in [1.29, 1.82) is 0 Å². The van der Waals surface area contributed by atoms with Gasteiger partial charge in [-0.15, -0.1) is 0 Å². The maximum absolute atomic E-state index is 6.19. The Labute approximate surface area is 107 Å². The lowest BCUT2D eigenvalue weighted by molar-refractivity contribution is 0.416. The molecule has 1 aliphatic rings. The number of rotatable bonds is 3. The average Bonchev–Trinajstić information content (AvgIpc) is 3.18. The average molecular weight is 239 g/mol. The largest absolute Gasteiger partial charge is 0.496 e. The van der Waals surface area contributed by atoms with E-state index in [9.17, 15) is 0 Å². The quantitative estimate of drug-likeness (QED) is 0.891. The molecule has 2 N–H and O–H groups in total. The molecule has 0 amide bonds. The lowest BCUT2D eigenvalue weighted by Crippen LogP contribution is -2.18. The summed E-state index contributed by atoms with van der Waals surface area (Å²) in [6.45, 7) is 0. The molecule has 0 bridgehead atoms. The Kier molecular flexibility index (Phi) is 2.60. The predicted molar refractivity (Wildman–Crippen MR) is 73.5 cm³/mol. The van der Waals surface area contributed by atoms with Gasteiger partial charge in [0.2, 0.25) is 0 Å². The zero-order valence-corrected chi connectivity index (χ0v) is 10.5. The van der Waals surface area contributed by atoms with Crippen LogP contribution < -0.4 is 10.5 Å². The normalized spacial score (nSPS) is 16.3. The summed E-state index contributed by atoms with van der Waals surface area (Å²) in [6, 6.07) is 16.6. The smallest absolute Gasteiger partial charge is 0.126 e. The van der Waals surface area contributed by atoms with Gasteiger partial charge in [0.15, 0.2) is 0 Å². The van der Waals surface area contributed by atoms with E-state index in [4.69, 9.17) is 10.5 Å². The molecule has 0 aromatic heterocycles. The van der Waals surface area contributed by atoms with E-state index in [0.29, 0.717) is 0 Å². The maximum Gasteiger partial charge on any atom is 0.126 e. The molecule has 0 heterocycles.